The minimum Gasteiger partial charge on any atom is -0.462 e. The van der Waals surface area contributed by atoms with E-state index in [1.54, 1.807) is 0 Å². The van der Waals surface area contributed by atoms with Crippen molar-refractivity contribution >= 4 is 39.5 Å². The number of carbonyl (C=O) groups is 4. The monoisotopic (exact) mass is 1420 g/mol. The molecule has 0 rings (SSSR count). The normalized spacial score (nSPS) is 14.1. The van der Waals surface area contributed by atoms with Gasteiger partial charge in [-0.1, -0.05) is 335 Å². The molecule has 0 saturated heterocycles. The zero-order chi connectivity index (χ0) is 71.2. The molecular formula is C78H148O17P2. The summed E-state index contributed by atoms with van der Waals surface area (Å²) in [7, 11) is -9.93. The maximum Gasteiger partial charge on any atom is 0.472 e. The van der Waals surface area contributed by atoms with Crippen molar-refractivity contribution in [2.75, 3.05) is 39.6 Å². The van der Waals surface area contributed by atoms with Crippen LogP contribution in [0.15, 0.2) is 24.3 Å². The van der Waals surface area contributed by atoms with E-state index in [1.165, 1.54) is 193 Å². The predicted octanol–water partition coefficient (Wildman–Crippen LogP) is 22.8. The molecule has 572 valence electrons. The van der Waals surface area contributed by atoms with Crippen LogP contribution in [0.3, 0.4) is 0 Å². The van der Waals surface area contributed by atoms with Crippen LogP contribution in [0, 0.1) is 5.92 Å². The Balaban J connectivity index is 5.26. The van der Waals surface area contributed by atoms with E-state index < -0.39 is 97.5 Å². The van der Waals surface area contributed by atoms with Gasteiger partial charge in [0.05, 0.1) is 26.4 Å². The first-order valence-electron chi connectivity index (χ1n) is 40.0. The molecule has 0 spiro atoms. The minimum atomic E-state index is -4.96. The molecule has 0 aromatic heterocycles. The van der Waals surface area contributed by atoms with Crippen LogP contribution in [-0.4, -0.2) is 96.7 Å². The summed E-state index contributed by atoms with van der Waals surface area (Å²) in [6.07, 6.45) is 63.4. The summed E-state index contributed by atoms with van der Waals surface area (Å²) in [5.74, 6) is -1.47. The molecule has 0 saturated carbocycles. The number of phosphoric ester groups is 2. The molecule has 0 aliphatic heterocycles. The average molecular weight is 1420 g/mol. The summed E-state index contributed by atoms with van der Waals surface area (Å²) in [4.78, 5) is 72.8. The number of hydrogen-bond donors (Lipinski definition) is 3. The van der Waals surface area contributed by atoms with Crippen LogP contribution in [0.5, 0.6) is 0 Å². The van der Waals surface area contributed by atoms with E-state index in [-0.39, 0.29) is 25.7 Å². The molecule has 0 radical (unpaired) electrons. The molecular weight excluding hydrogens is 1270 g/mol. The maximum atomic E-state index is 13.1. The fraction of sp³-hybridized carbons (Fsp3) is 0.897. The molecule has 19 heteroatoms. The van der Waals surface area contributed by atoms with Gasteiger partial charge in [0.1, 0.15) is 19.3 Å². The molecule has 0 aromatic carbocycles. The largest absolute Gasteiger partial charge is 0.472 e. The molecule has 0 aliphatic carbocycles. The highest BCUT2D eigenvalue weighted by atomic mass is 31.2. The van der Waals surface area contributed by atoms with Crippen LogP contribution in [0.25, 0.3) is 0 Å². The van der Waals surface area contributed by atoms with E-state index in [1.807, 2.05) is 0 Å². The molecule has 5 atom stereocenters. The van der Waals surface area contributed by atoms with E-state index >= 15 is 0 Å². The van der Waals surface area contributed by atoms with Gasteiger partial charge in [0.2, 0.25) is 0 Å². The van der Waals surface area contributed by atoms with Crippen molar-refractivity contribution in [2.24, 2.45) is 5.92 Å². The molecule has 0 fully saturated rings. The predicted molar refractivity (Wildman–Crippen MR) is 395 cm³/mol. The minimum absolute atomic E-state index is 0.0843. The lowest BCUT2D eigenvalue weighted by molar-refractivity contribution is -0.161. The van der Waals surface area contributed by atoms with Crippen molar-refractivity contribution in [3.8, 4) is 0 Å². The molecule has 3 N–H and O–H groups in total. The second kappa shape index (κ2) is 70.6. The van der Waals surface area contributed by atoms with Crippen molar-refractivity contribution in [3.63, 3.8) is 0 Å². The zero-order valence-electron chi connectivity index (χ0n) is 62.7. The Bertz CT molecular complexity index is 1950. The van der Waals surface area contributed by atoms with Crippen LogP contribution in [0.1, 0.15) is 388 Å². The van der Waals surface area contributed by atoms with Gasteiger partial charge in [-0.15, -0.1) is 0 Å². The second-order valence-electron chi connectivity index (χ2n) is 27.9. The average Bonchev–Trinajstić information content (AvgIpc) is 1.21. The highest BCUT2D eigenvalue weighted by Crippen LogP contribution is 2.45. The Morgan fingerprint density at radius 3 is 0.845 bits per heavy atom. The third kappa shape index (κ3) is 71.7. The third-order valence-electron chi connectivity index (χ3n) is 17.7. The number of ether oxygens (including phenoxy) is 4. The van der Waals surface area contributed by atoms with Crippen molar-refractivity contribution < 1.29 is 80.2 Å². The Morgan fingerprint density at radius 2 is 0.557 bits per heavy atom. The van der Waals surface area contributed by atoms with Gasteiger partial charge in [-0.25, -0.2) is 9.13 Å². The van der Waals surface area contributed by atoms with Crippen molar-refractivity contribution in [2.45, 2.75) is 406 Å². The third-order valence-corrected chi connectivity index (χ3v) is 19.6. The summed E-state index contributed by atoms with van der Waals surface area (Å²) in [5, 5.41) is 10.6. The number of hydrogen-bond acceptors (Lipinski definition) is 15. The Kier molecular flexibility index (Phi) is 68.8. The van der Waals surface area contributed by atoms with Crippen molar-refractivity contribution in [3.05, 3.63) is 24.3 Å². The van der Waals surface area contributed by atoms with Gasteiger partial charge in [-0.05, 0) is 57.3 Å². The lowest BCUT2D eigenvalue weighted by Crippen LogP contribution is -2.30. The molecule has 0 amide bonds. The quantitative estimate of drug-likeness (QED) is 0.0169. The number of esters is 4. The lowest BCUT2D eigenvalue weighted by atomic mass is 10.0. The van der Waals surface area contributed by atoms with Crippen molar-refractivity contribution in [1.82, 2.24) is 0 Å². The second-order valence-corrected chi connectivity index (χ2v) is 30.8. The molecule has 0 aromatic rings. The van der Waals surface area contributed by atoms with Crippen LogP contribution < -0.4 is 0 Å². The number of allylic oxidation sites excluding steroid dienone is 4. The first-order valence-corrected chi connectivity index (χ1v) is 42.9. The summed E-state index contributed by atoms with van der Waals surface area (Å²) in [6.45, 7) is 7.16. The summed E-state index contributed by atoms with van der Waals surface area (Å²) >= 11 is 0. The van der Waals surface area contributed by atoms with Crippen molar-refractivity contribution in [1.29, 1.82) is 0 Å². The lowest BCUT2D eigenvalue weighted by Gasteiger charge is -2.21. The molecule has 97 heavy (non-hydrogen) atoms. The maximum absolute atomic E-state index is 13.1. The van der Waals surface area contributed by atoms with Crippen LogP contribution in [0.4, 0.5) is 0 Å². The number of aliphatic hydroxyl groups excluding tert-OH is 1. The van der Waals surface area contributed by atoms with Gasteiger partial charge in [-0.3, -0.25) is 37.3 Å². The molecule has 0 bridgehead atoms. The Hall–Kier alpha value is -2.46. The number of aliphatic hydroxyl groups is 1. The first-order chi connectivity index (χ1) is 47.0. The fourth-order valence-electron chi connectivity index (χ4n) is 11.5. The SMILES string of the molecule is CCCCCC/C=C\C=C/CCCCCCCC(=O)O[C@H](COC(=O)CCCCCCCCC(C)C)COP(=O)(O)OC[C@H](O)COP(=O)(O)OC[C@@H](COC(=O)CCCCCCCCCCCCCCCCCC)OC(=O)CCCCCCCCCCCCCCCCCCC. The van der Waals surface area contributed by atoms with E-state index in [0.717, 1.165) is 109 Å². The first kappa shape index (κ1) is 94.5. The summed E-state index contributed by atoms with van der Waals surface area (Å²) in [5.41, 5.74) is 0. The zero-order valence-corrected chi connectivity index (χ0v) is 64.5. The molecule has 0 heterocycles. The summed E-state index contributed by atoms with van der Waals surface area (Å²) in [6, 6.07) is 0. The molecule has 0 aliphatic rings. The van der Waals surface area contributed by atoms with E-state index in [9.17, 15) is 43.2 Å². The van der Waals surface area contributed by atoms with Crippen LogP contribution >= 0.6 is 15.6 Å². The van der Waals surface area contributed by atoms with E-state index in [2.05, 4.69) is 58.9 Å². The van der Waals surface area contributed by atoms with E-state index in [0.29, 0.717) is 31.6 Å². The standard InChI is InChI=1S/C78H148O17P2/c1-6-9-12-15-18-21-24-27-30-32-35-38-41-44-47-54-59-63-77(82)94-73(67-88-75(80)61-56-51-45-42-39-36-34-31-28-25-22-19-16-13-10-7-2)69-92-96(84,85)90-65-72(79)66-91-97(86,87)93-70-74(68-89-76(81)62-57-52-49-48-50-55-60-71(4)5)95-78(83)64-58-53-46-43-40-37-33-29-26-23-20-17-14-11-8-3/h23,26,29,33,71-74,79H,6-22,24-25,27-28,30-32,34-70H2,1-5H3,(H,84,85)(H,86,87)/b26-23-,33-29-/t72-,73-,74-/m1/s1. The fourth-order valence-corrected chi connectivity index (χ4v) is 13.1. The van der Waals surface area contributed by atoms with Gasteiger partial charge in [-0.2, -0.15) is 0 Å². The highest BCUT2D eigenvalue weighted by molar-refractivity contribution is 7.47. The number of rotatable bonds is 76. The van der Waals surface area contributed by atoms with E-state index in [4.69, 9.17) is 37.0 Å². The Morgan fingerprint density at radius 1 is 0.320 bits per heavy atom. The molecule has 17 nitrogen and oxygen atoms in total. The highest BCUT2D eigenvalue weighted by Gasteiger charge is 2.30. The topological polar surface area (TPSA) is 237 Å². The molecule has 2 unspecified atom stereocenters. The van der Waals surface area contributed by atoms with Gasteiger partial charge in [0.25, 0.3) is 0 Å². The van der Waals surface area contributed by atoms with Gasteiger partial charge < -0.3 is 33.8 Å². The van der Waals surface area contributed by atoms with Crippen LogP contribution in [-0.2, 0) is 65.4 Å². The van der Waals surface area contributed by atoms with Crippen LogP contribution in [0.2, 0.25) is 0 Å². The van der Waals surface area contributed by atoms with Gasteiger partial charge >= 0.3 is 39.5 Å². The smallest absolute Gasteiger partial charge is 0.462 e. The number of carbonyl (C=O) groups excluding carboxylic acids is 4. The van der Waals surface area contributed by atoms with Gasteiger partial charge in [0.15, 0.2) is 12.2 Å². The Labute approximate surface area is 592 Å². The number of phosphoric acid groups is 2. The number of unbranched alkanes of at least 4 members (excludes halogenated alkanes) is 45. The summed E-state index contributed by atoms with van der Waals surface area (Å²) < 4.78 is 68.5. The van der Waals surface area contributed by atoms with Gasteiger partial charge in [0, 0.05) is 25.7 Å².